The Balaban J connectivity index is 1.83. The number of nitrogens with one attached hydrogen (secondary N) is 2. The maximum absolute atomic E-state index is 11.8. The van der Waals surface area contributed by atoms with E-state index >= 15 is 0 Å². The molecule has 0 saturated carbocycles. The molecule has 1 atom stereocenters. The fraction of sp³-hybridized carbons (Fsp3) is 0.267. The molecule has 0 aliphatic rings. The molecule has 1 heterocycles. The molecule has 0 spiro atoms. The molecule has 0 radical (unpaired) electrons. The van der Waals surface area contributed by atoms with E-state index in [4.69, 9.17) is 16.3 Å². The van der Waals surface area contributed by atoms with Crippen LogP contribution in [0, 0.1) is 0 Å². The molecule has 2 rings (SSSR count). The second-order valence-electron chi connectivity index (χ2n) is 4.39. The summed E-state index contributed by atoms with van der Waals surface area (Å²) >= 11 is 7.74. The summed E-state index contributed by atoms with van der Waals surface area (Å²) in [6.07, 6.45) is -0.272. The SMILES string of the molecule is CO[C@H](CNC(=O)NCc1cccs1)c1ccccc1Cl. The van der Waals surface area contributed by atoms with Gasteiger partial charge in [-0.15, -0.1) is 11.3 Å². The van der Waals surface area contributed by atoms with E-state index in [1.165, 1.54) is 0 Å². The Morgan fingerprint density at radius 2 is 2.10 bits per heavy atom. The number of methoxy groups -OCH3 is 1. The second-order valence-corrected chi connectivity index (χ2v) is 5.83. The van der Waals surface area contributed by atoms with E-state index in [9.17, 15) is 4.79 Å². The Kier molecular flexibility index (Phi) is 6.04. The summed E-state index contributed by atoms with van der Waals surface area (Å²) in [5.74, 6) is 0. The summed E-state index contributed by atoms with van der Waals surface area (Å²) in [6.45, 7) is 0.879. The molecule has 4 nitrogen and oxygen atoms in total. The average molecular weight is 325 g/mol. The van der Waals surface area contributed by atoms with Gasteiger partial charge in [0.2, 0.25) is 0 Å². The normalized spacial score (nSPS) is 11.9. The predicted molar refractivity (Wildman–Crippen MR) is 85.8 cm³/mol. The standard InChI is InChI=1S/C15H17ClN2O2S/c1-20-14(12-6-2-3-7-13(12)16)10-18-15(19)17-9-11-5-4-8-21-11/h2-8,14H,9-10H2,1H3,(H2,17,18,19)/t14-/m1/s1. The van der Waals surface area contributed by atoms with Gasteiger partial charge in [0.25, 0.3) is 0 Å². The van der Waals surface area contributed by atoms with Crippen LogP contribution < -0.4 is 10.6 Å². The van der Waals surface area contributed by atoms with Gasteiger partial charge < -0.3 is 15.4 Å². The lowest BCUT2D eigenvalue weighted by Crippen LogP contribution is -2.37. The number of ether oxygens (including phenoxy) is 1. The van der Waals surface area contributed by atoms with Crippen LogP contribution >= 0.6 is 22.9 Å². The van der Waals surface area contributed by atoms with Gasteiger partial charge in [0.05, 0.1) is 6.54 Å². The minimum atomic E-state index is -0.272. The maximum Gasteiger partial charge on any atom is 0.315 e. The van der Waals surface area contributed by atoms with Crippen LogP contribution in [0.1, 0.15) is 16.5 Å². The lowest BCUT2D eigenvalue weighted by molar-refractivity contribution is 0.104. The van der Waals surface area contributed by atoms with Crippen molar-refractivity contribution in [3.63, 3.8) is 0 Å². The second kappa shape index (κ2) is 8.02. The number of carbonyl (C=O) groups is 1. The molecule has 0 unspecified atom stereocenters. The smallest absolute Gasteiger partial charge is 0.315 e. The number of rotatable bonds is 6. The van der Waals surface area contributed by atoms with Gasteiger partial charge in [-0.3, -0.25) is 0 Å². The van der Waals surface area contributed by atoms with Gasteiger partial charge in [-0.2, -0.15) is 0 Å². The van der Waals surface area contributed by atoms with Crippen molar-refractivity contribution in [3.8, 4) is 0 Å². The number of hydrogen-bond donors (Lipinski definition) is 2. The van der Waals surface area contributed by atoms with Crippen LogP contribution in [0.2, 0.25) is 5.02 Å². The minimum absolute atomic E-state index is 0.225. The van der Waals surface area contributed by atoms with Crippen LogP contribution in [0.25, 0.3) is 0 Å². The van der Waals surface area contributed by atoms with E-state index in [0.29, 0.717) is 18.1 Å². The highest BCUT2D eigenvalue weighted by Gasteiger charge is 2.14. The van der Waals surface area contributed by atoms with Crippen molar-refractivity contribution >= 4 is 29.0 Å². The zero-order valence-corrected chi connectivity index (χ0v) is 13.2. The molecule has 0 fully saturated rings. The highest BCUT2D eigenvalue weighted by Crippen LogP contribution is 2.24. The first kappa shape index (κ1) is 15.8. The molecule has 2 N–H and O–H groups in total. The monoisotopic (exact) mass is 324 g/mol. The first-order chi connectivity index (χ1) is 10.2. The Hall–Kier alpha value is -1.56. The molecule has 1 aromatic heterocycles. The fourth-order valence-corrected chi connectivity index (χ4v) is 2.79. The molecular weight excluding hydrogens is 308 g/mol. The molecule has 0 bridgehead atoms. The van der Waals surface area contributed by atoms with Crippen LogP contribution in [0.4, 0.5) is 4.79 Å². The molecule has 2 amide bonds. The number of benzene rings is 1. The summed E-state index contributed by atoms with van der Waals surface area (Å²) in [4.78, 5) is 12.9. The number of amides is 2. The van der Waals surface area contributed by atoms with E-state index in [0.717, 1.165) is 10.4 Å². The van der Waals surface area contributed by atoms with Gasteiger partial charge in [-0.25, -0.2) is 4.79 Å². The van der Waals surface area contributed by atoms with Gasteiger partial charge in [0.1, 0.15) is 6.10 Å². The van der Waals surface area contributed by atoms with E-state index in [-0.39, 0.29) is 12.1 Å². The number of urea groups is 1. The Bertz CT molecular complexity index is 575. The van der Waals surface area contributed by atoms with Gasteiger partial charge in [0.15, 0.2) is 0 Å². The molecule has 6 heteroatoms. The van der Waals surface area contributed by atoms with Gasteiger partial charge in [-0.1, -0.05) is 35.9 Å². The minimum Gasteiger partial charge on any atom is -0.375 e. The third kappa shape index (κ3) is 4.74. The van der Waals surface area contributed by atoms with E-state index in [2.05, 4.69) is 10.6 Å². The molecule has 1 aromatic carbocycles. The molecule has 0 aliphatic carbocycles. The van der Waals surface area contributed by atoms with Crippen LogP contribution in [0.15, 0.2) is 41.8 Å². The molecule has 0 aliphatic heterocycles. The topological polar surface area (TPSA) is 50.4 Å². The molecular formula is C15H17ClN2O2S. The number of thiophene rings is 1. The Labute approximate surface area is 133 Å². The van der Waals surface area contributed by atoms with Crippen LogP contribution in [0.3, 0.4) is 0 Å². The first-order valence-electron chi connectivity index (χ1n) is 6.52. The van der Waals surface area contributed by atoms with E-state index in [1.54, 1.807) is 24.5 Å². The highest BCUT2D eigenvalue weighted by molar-refractivity contribution is 7.09. The quantitative estimate of drug-likeness (QED) is 0.853. The summed E-state index contributed by atoms with van der Waals surface area (Å²) in [6, 6.07) is 11.2. The lowest BCUT2D eigenvalue weighted by atomic mass is 10.1. The van der Waals surface area contributed by atoms with Gasteiger partial charge >= 0.3 is 6.03 Å². The predicted octanol–water partition coefficient (Wildman–Crippen LogP) is 3.59. The fourth-order valence-electron chi connectivity index (χ4n) is 1.88. The molecule has 21 heavy (non-hydrogen) atoms. The van der Waals surface area contributed by atoms with Gasteiger partial charge in [0, 0.05) is 29.1 Å². The van der Waals surface area contributed by atoms with Crippen molar-refractivity contribution < 1.29 is 9.53 Å². The summed E-state index contributed by atoms with van der Waals surface area (Å²) < 4.78 is 5.39. The van der Waals surface area contributed by atoms with Crippen molar-refractivity contribution in [2.45, 2.75) is 12.6 Å². The molecule has 2 aromatic rings. The Morgan fingerprint density at radius 3 is 2.76 bits per heavy atom. The van der Waals surface area contributed by atoms with Crippen molar-refractivity contribution in [1.29, 1.82) is 0 Å². The number of halogens is 1. The Morgan fingerprint density at radius 1 is 1.29 bits per heavy atom. The summed E-state index contributed by atoms with van der Waals surface area (Å²) in [5.41, 5.74) is 0.861. The van der Waals surface area contributed by atoms with Crippen LogP contribution in [-0.4, -0.2) is 19.7 Å². The lowest BCUT2D eigenvalue weighted by Gasteiger charge is -2.18. The zero-order valence-electron chi connectivity index (χ0n) is 11.6. The third-order valence-corrected chi connectivity index (χ3v) is 4.21. The zero-order chi connectivity index (χ0) is 15.1. The van der Waals surface area contributed by atoms with Crippen LogP contribution in [0.5, 0.6) is 0 Å². The van der Waals surface area contributed by atoms with E-state index in [1.807, 2.05) is 35.7 Å². The molecule has 112 valence electrons. The largest absolute Gasteiger partial charge is 0.375 e. The highest BCUT2D eigenvalue weighted by atomic mass is 35.5. The summed E-state index contributed by atoms with van der Waals surface area (Å²) in [5, 5.41) is 8.20. The van der Waals surface area contributed by atoms with E-state index < -0.39 is 0 Å². The van der Waals surface area contributed by atoms with Crippen molar-refractivity contribution in [2.24, 2.45) is 0 Å². The number of hydrogen-bond acceptors (Lipinski definition) is 3. The maximum atomic E-state index is 11.8. The van der Waals surface area contributed by atoms with Crippen LogP contribution in [-0.2, 0) is 11.3 Å². The number of carbonyl (C=O) groups excluding carboxylic acids is 1. The first-order valence-corrected chi connectivity index (χ1v) is 7.77. The average Bonchev–Trinajstić information content (AvgIpc) is 3.01. The van der Waals surface area contributed by atoms with Crippen molar-refractivity contribution in [1.82, 2.24) is 10.6 Å². The molecule has 0 saturated heterocycles. The summed E-state index contributed by atoms with van der Waals surface area (Å²) in [7, 11) is 1.60. The third-order valence-electron chi connectivity index (χ3n) is 2.99. The van der Waals surface area contributed by atoms with Crippen molar-refractivity contribution in [2.75, 3.05) is 13.7 Å². The van der Waals surface area contributed by atoms with Gasteiger partial charge in [-0.05, 0) is 17.5 Å². The van der Waals surface area contributed by atoms with Crippen molar-refractivity contribution in [3.05, 3.63) is 57.2 Å².